The van der Waals surface area contributed by atoms with E-state index in [9.17, 15) is 4.79 Å². The largest absolute Gasteiger partial charge is 0.395 e. The van der Waals surface area contributed by atoms with Crippen LogP contribution in [0.4, 0.5) is 0 Å². The second-order valence-corrected chi connectivity index (χ2v) is 5.36. The van der Waals surface area contributed by atoms with Crippen molar-refractivity contribution in [3.63, 3.8) is 0 Å². The quantitative estimate of drug-likeness (QED) is 0.777. The molecule has 1 saturated carbocycles. The molecule has 0 bridgehead atoms. The average molecular weight is 227 g/mol. The summed E-state index contributed by atoms with van der Waals surface area (Å²) < 4.78 is 0. The fourth-order valence-corrected chi connectivity index (χ4v) is 2.48. The molecule has 0 aromatic rings. The van der Waals surface area contributed by atoms with E-state index in [0.717, 1.165) is 25.8 Å². The van der Waals surface area contributed by atoms with Crippen molar-refractivity contribution in [2.45, 2.75) is 46.1 Å². The second-order valence-electron chi connectivity index (χ2n) is 5.36. The molecule has 1 rings (SSSR count). The van der Waals surface area contributed by atoms with Crippen molar-refractivity contribution in [2.75, 3.05) is 19.7 Å². The number of rotatable bonds is 5. The summed E-state index contributed by atoms with van der Waals surface area (Å²) in [6.07, 6.45) is 2.82. The highest BCUT2D eigenvalue weighted by molar-refractivity contribution is 5.81. The van der Waals surface area contributed by atoms with Crippen LogP contribution >= 0.6 is 0 Å². The zero-order chi connectivity index (χ0) is 12.1. The molecular formula is C13H25NO2. The first-order valence-electron chi connectivity index (χ1n) is 6.42. The molecule has 1 fully saturated rings. The summed E-state index contributed by atoms with van der Waals surface area (Å²) in [6, 6.07) is 0.400. The predicted molar refractivity (Wildman–Crippen MR) is 65.3 cm³/mol. The molecule has 2 atom stereocenters. The Bertz CT molecular complexity index is 228. The van der Waals surface area contributed by atoms with Gasteiger partial charge in [0, 0.05) is 31.5 Å². The molecule has 2 unspecified atom stereocenters. The van der Waals surface area contributed by atoms with Gasteiger partial charge >= 0.3 is 0 Å². The van der Waals surface area contributed by atoms with E-state index >= 15 is 0 Å². The predicted octanol–water partition coefficient (Wildman–Crippen LogP) is 1.69. The van der Waals surface area contributed by atoms with E-state index in [2.05, 4.69) is 25.7 Å². The smallest absolute Gasteiger partial charge is 0.137 e. The van der Waals surface area contributed by atoms with E-state index in [-0.39, 0.29) is 12.5 Å². The van der Waals surface area contributed by atoms with Gasteiger partial charge in [-0.3, -0.25) is 9.69 Å². The Morgan fingerprint density at radius 2 is 2.19 bits per heavy atom. The number of carbonyl (C=O) groups is 1. The average Bonchev–Trinajstić information content (AvgIpc) is 2.22. The fourth-order valence-electron chi connectivity index (χ4n) is 2.48. The monoisotopic (exact) mass is 227 g/mol. The van der Waals surface area contributed by atoms with E-state index in [1.807, 2.05) is 0 Å². The number of Topliss-reactive ketones (excluding diaryl/α,β-unsaturated/α-hetero) is 1. The Morgan fingerprint density at radius 1 is 1.50 bits per heavy atom. The number of aliphatic hydroxyl groups is 1. The lowest BCUT2D eigenvalue weighted by atomic mass is 9.81. The van der Waals surface area contributed by atoms with Gasteiger partial charge in [-0.05, 0) is 32.6 Å². The molecule has 0 aromatic carbocycles. The Kier molecular flexibility index (Phi) is 5.42. The molecule has 1 aliphatic rings. The summed E-state index contributed by atoms with van der Waals surface area (Å²) >= 11 is 0. The molecule has 0 radical (unpaired) electrons. The lowest BCUT2D eigenvalue weighted by Crippen LogP contribution is -2.41. The number of ketones is 1. The van der Waals surface area contributed by atoms with Gasteiger partial charge in [-0.1, -0.05) is 6.92 Å². The molecule has 0 aromatic heterocycles. The third-order valence-corrected chi connectivity index (χ3v) is 3.60. The Balaban J connectivity index is 2.51. The minimum Gasteiger partial charge on any atom is -0.395 e. The van der Waals surface area contributed by atoms with Crippen LogP contribution in [0.15, 0.2) is 0 Å². The highest BCUT2D eigenvalue weighted by Crippen LogP contribution is 2.26. The van der Waals surface area contributed by atoms with Gasteiger partial charge in [-0.15, -0.1) is 0 Å². The molecule has 16 heavy (non-hydrogen) atoms. The van der Waals surface area contributed by atoms with Crippen LogP contribution in [0, 0.1) is 11.8 Å². The Morgan fingerprint density at radius 3 is 2.75 bits per heavy atom. The van der Waals surface area contributed by atoms with Crippen LogP contribution in [-0.4, -0.2) is 41.5 Å². The van der Waals surface area contributed by atoms with Crippen molar-refractivity contribution in [2.24, 2.45) is 11.8 Å². The van der Waals surface area contributed by atoms with Crippen molar-refractivity contribution in [1.82, 2.24) is 4.90 Å². The van der Waals surface area contributed by atoms with Crippen molar-refractivity contribution < 1.29 is 9.90 Å². The normalized spacial score (nSPS) is 26.8. The highest BCUT2D eigenvalue weighted by Gasteiger charge is 2.28. The molecule has 0 amide bonds. The summed E-state index contributed by atoms with van der Waals surface area (Å²) in [4.78, 5) is 14.0. The SMILES string of the molecule is CC1CCC(=O)C(CN(CCO)C(C)C)C1. The lowest BCUT2D eigenvalue weighted by molar-refractivity contribution is -0.126. The van der Waals surface area contributed by atoms with Gasteiger partial charge in [-0.25, -0.2) is 0 Å². The van der Waals surface area contributed by atoms with Crippen molar-refractivity contribution in [3.05, 3.63) is 0 Å². The third-order valence-electron chi connectivity index (χ3n) is 3.60. The summed E-state index contributed by atoms with van der Waals surface area (Å²) in [7, 11) is 0. The van der Waals surface area contributed by atoms with Gasteiger partial charge in [0.25, 0.3) is 0 Å². The Labute approximate surface area is 98.8 Å². The van der Waals surface area contributed by atoms with Crippen molar-refractivity contribution >= 4 is 5.78 Å². The van der Waals surface area contributed by atoms with Crippen LogP contribution in [0.1, 0.15) is 40.0 Å². The molecule has 0 heterocycles. The molecule has 0 aliphatic heterocycles. The molecule has 3 nitrogen and oxygen atoms in total. The van der Waals surface area contributed by atoms with Gasteiger partial charge in [0.05, 0.1) is 6.61 Å². The molecule has 1 N–H and O–H groups in total. The zero-order valence-corrected chi connectivity index (χ0v) is 10.8. The number of aliphatic hydroxyl groups excluding tert-OH is 1. The number of carbonyl (C=O) groups excluding carboxylic acids is 1. The number of hydrogen-bond donors (Lipinski definition) is 1. The van der Waals surface area contributed by atoms with E-state index < -0.39 is 0 Å². The standard InChI is InChI=1S/C13H25NO2/c1-10(2)14(6-7-15)9-12-8-11(3)4-5-13(12)16/h10-12,15H,4-9H2,1-3H3. The minimum atomic E-state index is 0.175. The maximum absolute atomic E-state index is 11.8. The maximum atomic E-state index is 11.8. The van der Waals surface area contributed by atoms with Crippen LogP contribution in [-0.2, 0) is 4.79 Å². The molecule has 1 aliphatic carbocycles. The van der Waals surface area contributed by atoms with E-state index in [4.69, 9.17) is 5.11 Å². The molecule has 3 heteroatoms. The number of nitrogens with zero attached hydrogens (tertiary/aromatic N) is 1. The van der Waals surface area contributed by atoms with Gasteiger partial charge in [-0.2, -0.15) is 0 Å². The van der Waals surface area contributed by atoms with Gasteiger partial charge in [0.1, 0.15) is 5.78 Å². The van der Waals surface area contributed by atoms with Gasteiger partial charge in [0.2, 0.25) is 0 Å². The number of hydrogen-bond acceptors (Lipinski definition) is 3. The molecule has 94 valence electrons. The van der Waals surface area contributed by atoms with Crippen LogP contribution < -0.4 is 0 Å². The van der Waals surface area contributed by atoms with Gasteiger partial charge in [0.15, 0.2) is 0 Å². The van der Waals surface area contributed by atoms with E-state index in [0.29, 0.717) is 24.3 Å². The zero-order valence-electron chi connectivity index (χ0n) is 10.8. The molecular weight excluding hydrogens is 202 g/mol. The van der Waals surface area contributed by atoms with E-state index in [1.165, 1.54) is 0 Å². The highest BCUT2D eigenvalue weighted by atomic mass is 16.3. The topological polar surface area (TPSA) is 40.5 Å². The fraction of sp³-hybridized carbons (Fsp3) is 0.923. The summed E-state index contributed by atoms with van der Waals surface area (Å²) in [5, 5.41) is 9.01. The lowest BCUT2D eigenvalue weighted by Gasteiger charge is -2.33. The van der Waals surface area contributed by atoms with Gasteiger partial charge < -0.3 is 5.11 Å². The third kappa shape index (κ3) is 3.87. The van der Waals surface area contributed by atoms with Crippen LogP contribution in [0.25, 0.3) is 0 Å². The molecule has 0 saturated heterocycles. The van der Waals surface area contributed by atoms with Crippen LogP contribution in [0.2, 0.25) is 0 Å². The van der Waals surface area contributed by atoms with Crippen molar-refractivity contribution in [3.8, 4) is 0 Å². The van der Waals surface area contributed by atoms with Crippen LogP contribution in [0.3, 0.4) is 0 Å². The van der Waals surface area contributed by atoms with Crippen molar-refractivity contribution in [1.29, 1.82) is 0 Å². The first-order valence-corrected chi connectivity index (χ1v) is 6.42. The minimum absolute atomic E-state index is 0.175. The maximum Gasteiger partial charge on any atom is 0.137 e. The Hall–Kier alpha value is -0.410. The molecule has 0 spiro atoms. The summed E-state index contributed by atoms with van der Waals surface area (Å²) in [6.45, 7) is 8.13. The van der Waals surface area contributed by atoms with Crippen LogP contribution in [0.5, 0.6) is 0 Å². The summed E-state index contributed by atoms with van der Waals surface area (Å²) in [5.41, 5.74) is 0. The first-order chi connectivity index (χ1) is 7.54. The second kappa shape index (κ2) is 6.36. The summed E-state index contributed by atoms with van der Waals surface area (Å²) in [5.74, 6) is 1.28. The van der Waals surface area contributed by atoms with E-state index in [1.54, 1.807) is 0 Å². The first kappa shape index (κ1) is 13.7.